The van der Waals surface area contributed by atoms with E-state index in [0.29, 0.717) is 5.92 Å². The van der Waals surface area contributed by atoms with Gasteiger partial charge in [-0.1, -0.05) is 35.8 Å². The molecule has 0 aromatic carbocycles. The first-order valence-electron chi connectivity index (χ1n) is 4.67. The van der Waals surface area contributed by atoms with Gasteiger partial charge in [0.1, 0.15) is 0 Å². The Hall–Kier alpha value is -0.370. The van der Waals surface area contributed by atoms with Crippen LogP contribution in [0, 0.1) is 6.92 Å². The van der Waals surface area contributed by atoms with Crippen molar-refractivity contribution >= 4 is 15.9 Å². The number of hydrogen-bond donors (Lipinski definition) is 0. The minimum Gasteiger partial charge on any atom is -0.257 e. The fraction of sp³-hybridized carbons (Fsp3) is 0.545. The van der Waals surface area contributed by atoms with Crippen molar-refractivity contribution in [1.82, 2.24) is 4.98 Å². The second kappa shape index (κ2) is 4.75. The van der Waals surface area contributed by atoms with Crippen LogP contribution in [0.25, 0.3) is 0 Å². The second-order valence-corrected chi connectivity index (χ2v) is 4.39. The van der Waals surface area contributed by atoms with Crippen molar-refractivity contribution in [2.45, 2.75) is 33.1 Å². The standard InChI is InChI=1S/C11H16BrN/c1-8(2)11-9(3)4-5-10(13-11)6-7-12/h4-5,8H,6-7H2,1-3H3. The van der Waals surface area contributed by atoms with E-state index in [2.05, 4.69) is 53.8 Å². The highest BCUT2D eigenvalue weighted by atomic mass is 79.9. The summed E-state index contributed by atoms with van der Waals surface area (Å²) in [6, 6.07) is 4.28. The van der Waals surface area contributed by atoms with Crippen molar-refractivity contribution in [3.8, 4) is 0 Å². The topological polar surface area (TPSA) is 12.9 Å². The zero-order valence-corrected chi connectivity index (χ0v) is 10.1. The number of pyridine rings is 1. The molecule has 0 aliphatic carbocycles. The highest BCUT2D eigenvalue weighted by molar-refractivity contribution is 9.09. The maximum absolute atomic E-state index is 4.63. The van der Waals surface area contributed by atoms with Crippen LogP contribution in [0.4, 0.5) is 0 Å². The average molecular weight is 242 g/mol. The molecule has 0 unspecified atom stereocenters. The van der Waals surface area contributed by atoms with Crippen LogP contribution in [0.5, 0.6) is 0 Å². The molecule has 0 aliphatic heterocycles. The molecule has 0 fully saturated rings. The van der Waals surface area contributed by atoms with Crippen molar-refractivity contribution in [3.05, 3.63) is 29.1 Å². The lowest BCUT2D eigenvalue weighted by molar-refractivity contribution is 0.797. The molecule has 72 valence electrons. The van der Waals surface area contributed by atoms with Gasteiger partial charge in [-0.15, -0.1) is 0 Å². The van der Waals surface area contributed by atoms with Crippen LogP contribution in [-0.2, 0) is 6.42 Å². The van der Waals surface area contributed by atoms with E-state index in [9.17, 15) is 0 Å². The molecule has 0 saturated heterocycles. The van der Waals surface area contributed by atoms with Crippen LogP contribution in [0.3, 0.4) is 0 Å². The summed E-state index contributed by atoms with van der Waals surface area (Å²) in [5.41, 5.74) is 3.72. The summed E-state index contributed by atoms with van der Waals surface area (Å²) in [5, 5.41) is 0.987. The molecule has 0 saturated carbocycles. The molecule has 1 nitrogen and oxygen atoms in total. The van der Waals surface area contributed by atoms with Gasteiger partial charge in [0.2, 0.25) is 0 Å². The molecule has 0 bridgehead atoms. The van der Waals surface area contributed by atoms with Crippen LogP contribution in [0.1, 0.15) is 36.7 Å². The number of aryl methyl sites for hydroxylation is 2. The number of rotatable bonds is 3. The van der Waals surface area contributed by atoms with Crippen molar-refractivity contribution in [2.75, 3.05) is 5.33 Å². The molecule has 0 atom stereocenters. The maximum Gasteiger partial charge on any atom is 0.0461 e. The quantitative estimate of drug-likeness (QED) is 0.740. The summed E-state index contributed by atoms with van der Waals surface area (Å²) in [5.74, 6) is 0.523. The Labute approximate surface area is 88.7 Å². The van der Waals surface area contributed by atoms with E-state index in [1.54, 1.807) is 0 Å². The van der Waals surface area contributed by atoms with E-state index < -0.39 is 0 Å². The fourth-order valence-electron chi connectivity index (χ4n) is 1.41. The second-order valence-electron chi connectivity index (χ2n) is 3.60. The lowest BCUT2D eigenvalue weighted by atomic mass is 10.0. The van der Waals surface area contributed by atoms with Gasteiger partial charge in [0.15, 0.2) is 0 Å². The average Bonchev–Trinajstić information content (AvgIpc) is 2.08. The molecule has 0 aliphatic rings. The Morgan fingerprint density at radius 1 is 1.38 bits per heavy atom. The fourth-order valence-corrected chi connectivity index (χ4v) is 1.81. The van der Waals surface area contributed by atoms with Gasteiger partial charge in [0.25, 0.3) is 0 Å². The Morgan fingerprint density at radius 3 is 2.62 bits per heavy atom. The molecule has 13 heavy (non-hydrogen) atoms. The molecular formula is C11H16BrN. The lowest BCUT2D eigenvalue weighted by Crippen LogP contribution is -2.00. The van der Waals surface area contributed by atoms with Gasteiger partial charge in [-0.3, -0.25) is 4.98 Å². The monoisotopic (exact) mass is 241 g/mol. The number of halogens is 1. The molecule has 1 heterocycles. The lowest BCUT2D eigenvalue weighted by Gasteiger charge is -2.09. The molecule has 1 rings (SSSR count). The SMILES string of the molecule is Cc1ccc(CCBr)nc1C(C)C. The van der Waals surface area contributed by atoms with Crippen molar-refractivity contribution in [3.63, 3.8) is 0 Å². The largest absolute Gasteiger partial charge is 0.257 e. The van der Waals surface area contributed by atoms with Gasteiger partial charge in [-0.2, -0.15) is 0 Å². The van der Waals surface area contributed by atoms with Crippen molar-refractivity contribution in [1.29, 1.82) is 0 Å². The summed E-state index contributed by atoms with van der Waals surface area (Å²) in [4.78, 5) is 4.63. The van der Waals surface area contributed by atoms with Gasteiger partial charge < -0.3 is 0 Å². The van der Waals surface area contributed by atoms with Crippen LogP contribution < -0.4 is 0 Å². The first kappa shape index (κ1) is 10.7. The van der Waals surface area contributed by atoms with Gasteiger partial charge in [0, 0.05) is 16.7 Å². The minimum atomic E-state index is 0.523. The third-order valence-corrected chi connectivity index (χ3v) is 2.49. The maximum atomic E-state index is 4.63. The van der Waals surface area contributed by atoms with E-state index >= 15 is 0 Å². The van der Waals surface area contributed by atoms with Gasteiger partial charge in [-0.05, 0) is 30.9 Å². The van der Waals surface area contributed by atoms with E-state index in [-0.39, 0.29) is 0 Å². The van der Waals surface area contributed by atoms with Crippen LogP contribution >= 0.6 is 15.9 Å². The Balaban J connectivity index is 2.97. The van der Waals surface area contributed by atoms with Crippen molar-refractivity contribution < 1.29 is 0 Å². The molecular weight excluding hydrogens is 226 g/mol. The zero-order valence-electron chi connectivity index (χ0n) is 8.47. The smallest absolute Gasteiger partial charge is 0.0461 e. The summed E-state index contributed by atoms with van der Waals surface area (Å²) in [6.45, 7) is 6.50. The molecule has 0 radical (unpaired) electrons. The predicted octanol–water partition coefficient (Wildman–Crippen LogP) is 3.45. The Morgan fingerprint density at radius 2 is 2.08 bits per heavy atom. The zero-order chi connectivity index (χ0) is 9.84. The Bertz CT molecular complexity index is 281. The van der Waals surface area contributed by atoms with Crippen molar-refractivity contribution in [2.24, 2.45) is 0 Å². The first-order valence-corrected chi connectivity index (χ1v) is 5.79. The van der Waals surface area contributed by atoms with E-state index in [0.717, 1.165) is 11.8 Å². The van der Waals surface area contributed by atoms with Crippen LogP contribution in [0.15, 0.2) is 12.1 Å². The summed E-state index contributed by atoms with van der Waals surface area (Å²) >= 11 is 3.43. The molecule has 0 spiro atoms. The molecule has 0 amide bonds. The normalized spacial score (nSPS) is 10.8. The summed E-state index contributed by atoms with van der Waals surface area (Å²) in [6.07, 6.45) is 1.01. The summed E-state index contributed by atoms with van der Waals surface area (Å²) in [7, 11) is 0. The Kier molecular flexibility index (Phi) is 3.91. The van der Waals surface area contributed by atoms with Gasteiger partial charge in [0.05, 0.1) is 0 Å². The third-order valence-electron chi connectivity index (χ3n) is 2.09. The number of alkyl halides is 1. The van der Waals surface area contributed by atoms with Crippen LogP contribution in [0.2, 0.25) is 0 Å². The van der Waals surface area contributed by atoms with Gasteiger partial charge in [-0.25, -0.2) is 0 Å². The molecule has 1 aromatic heterocycles. The van der Waals surface area contributed by atoms with Gasteiger partial charge >= 0.3 is 0 Å². The number of hydrogen-bond acceptors (Lipinski definition) is 1. The van der Waals surface area contributed by atoms with E-state index in [4.69, 9.17) is 0 Å². The van der Waals surface area contributed by atoms with Crippen LogP contribution in [-0.4, -0.2) is 10.3 Å². The molecule has 0 N–H and O–H groups in total. The van der Waals surface area contributed by atoms with E-state index in [1.165, 1.54) is 17.0 Å². The summed E-state index contributed by atoms with van der Waals surface area (Å²) < 4.78 is 0. The minimum absolute atomic E-state index is 0.523. The highest BCUT2D eigenvalue weighted by Crippen LogP contribution is 2.17. The third kappa shape index (κ3) is 2.80. The number of aromatic nitrogens is 1. The first-order chi connectivity index (χ1) is 6.15. The highest BCUT2D eigenvalue weighted by Gasteiger charge is 2.05. The molecule has 1 aromatic rings. The molecule has 2 heteroatoms. The predicted molar refractivity (Wildman–Crippen MR) is 60.6 cm³/mol. The number of nitrogens with zero attached hydrogens (tertiary/aromatic N) is 1. The van der Waals surface area contributed by atoms with E-state index in [1.807, 2.05) is 0 Å².